The number of phenols is 1. The molecule has 2 heteroatoms. The number of rotatable bonds is 8. The van der Waals surface area contributed by atoms with E-state index < -0.39 is 0 Å². The van der Waals surface area contributed by atoms with Crippen LogP contribution >= 0.6 is 0 Å². The summed E-state index contributed by atoms with van der Waals surface area (Å²) >= 11 is 0. The predicted octanol–water partition coefficient (Wildman–Crippen LogP) is 4.65. The van der Waals surface area contributed by atoms with Crippen LogP contribution in [-0.4, -0.2) is 11.7 Å². The maximum atomic E-state index is 9.46. The molecule has 0 spiro atoms. The topological polar surface area (TPSA) is 32.3 Å². The molecule has 21 heavy (non-hydrogen) atoms. The van der Waals surface area contributed by atoms with Crippen molar-refractivity contribution < 1.29 is 5.11 Å². The minimum Gasteiger partial charge on any atom is -0.508 e. The summed E-state index contributed by atoms with van der Waals surface area (Å²) in [5.74, 6) is 0.313. The third-order valence-electron chi connectivity index (χ3n) is 3.74. The zero-order chi connectivity index (χ0) is 14.9. The molecule has 2 rings (SSSR count). The van der Waals surface area contributed by atoms with Gasteiger partial charge in [0.15, 0.2) is 0 Å². The van der Waals surface area contributed by atoms with Crippen LogP contribution in [0.5, 0.6) is 5.75 Å². The Balaban J connectivity index is 2.06. The third-order valence-corrected chi connectivity index (χ3v) is 3.74. The highest BCUT2D eigenvalue weighted by atomic mass is 16.3. The Labute approximate surface area is 127 Å². The summed E-state index contributed by atoms with van der Waals surface area (Å²) in [5.41, 5.74) is 2.45. The van der Waals surface area contributed by atoms with Crippen LogP contribution in [-0.2, 0) is 0 Å². The summed E-state index contributed by atoms with van der Waals surface area (Å²) in [6, 6.07) is 18.2. The summed E-state index contributed by atoms with van der Waals surface area (Å²) < 4.78 is 0. The molecule has 0 saturated heterocycles. The molecule has 1 unspecified atom stereocenters. The zero-order valence-corrected chi connectivity index (χ0v) is 12.8. The van der Waals surface area contributed by atoms with Gasteiger partial charge in [0.2, 0.25) is 0 Å². The average Bonchev–Trinajstić information content (AvgIpc) is 2.53. The molecule has 0 heterocycles. The summed E-state index contributed by atoms with van der Waals surface area (Å²) in [6.45, 7) is 3.25. The fraction of sp³-hybridized carbons (Fsp3) is 0.368. The first kappa shape index (κ1) is 15.6. The van der Waals surface area contributed by atoms with Crippen molar-refractivity contribution >= 4 is 0 Å². The van der Waals surface area contributed by atoms with Gasteiger partial charge in [-0.25, -0.2) is 0 Å². The lowest BCUT2D eigenvalue weighted by Crippen LogP contribution is -2.23. The maximum absolute atomic E-state index is 9.46. The first-order chi connectivity index (χ1) is 10.3. The van der Waals surface area contributed by atoms with Gasteiger partial charge >= 0.3 is 0 Å². The number of hydrogen-bond acceptors (Lipinski definition) is 2. The quantitative estimate of drug-likeness (QED) is 0.691. The number of hydrogen-bond donors (Lipinski definition) is 2. The van der Waals surface area contributed by atoms with Crippen molar-refractivity contribution in [3.63, 3.8) is 0 Å². The average molecular weight is 283 g/mol. The second-order valence-corrected chi connectivity index (χ2v) is 5.45. The standard InChI is InChI=1S/C19H25NO/c1-2-3-4-8-15-20-19(16-9-6-5-7-10-16)17-11-13-18(21)14-12-17/h5-7,9-14,19-21H,2-4,8,15H2,1H3. The Morgan fingerprint density at radius 2 is 1.52 bits per heavy atom. The van der Waals surface area contributed by atoms with Crippen LogP contribution < -0.4 is 5.32 Å². The smallest absolute Gasteiger partial charge is 0.115 e. The van der Waals surface area contributed by atoms with E-state index >= 15 is 0 Å². The van der Waals surface area contributed by atoms with Gasteiger partial charge in [-0.1, -0.05) is 68.7 Å². The molecule has 112 valence electrons. The van der Waals surface area contributed by atoms with E-state index in [0.717, 1.165) is 6.54 Å². The number of nitrogens with one attached hydrogen (secondary N) is 1. The van der Waals surface area contributed by atoms with Crippen molar-refractivity contribution in [3.05, 3.63) is 65.7 Å². The van der Waals surface area contributed by atoms with Crippen LogP contribution in [0.25, 0.3) is 0 Å². The number of benzene rings is 2. The molecule has 0 bridgehead atoms. The van der Waals surface area contributed by atoms with Crippen molar-refractivity contribution in [2.45, 2.75) is 38.6 Å². The van der Waals surface area contributed by atoms with E-state index in [-0.39, 0.29) is 6.04 Å². The first-order valence-electron chi connectivity index (χ1n) is 7.88. The van der Waals surface area contributed by atoms with E-state index in [4.69, 9.17) is 0 Å². The van der Waals surface area contributed by atoms with E-state index in [2.05, 4.69) is 36.5 Å². The van der Waals surface area contributed by atoms with E-state index in [1.165, 1.54) is 36.8 Å². The zero-order valence-electron chi connectivity index (χ0n) is 12.8. The highest BCUT2D eigenvalue weighted by molar-refractivity contribution is 5.34. The fourth-order valence-corrected chi connectivity index (χ4v) is 2.54. The van der Waals surface area contributed by atoms with Crippen LogP contribution in [0.15, 0.2) is 54.6 Å². The Bertz CT molecular complexity index is 507. The van der Waals surface area contributed by atoms with Gasteiger partial charge in [0.1, 0.15) is 5.75 Å². The summed E-state index contributed by atoms with van der Waals surface area (Å²) in [4.78, 5) is 0. The van der Waals surface area contributed by atoms with Crippen molar-refractivity contribution in [3.8, 4) is 5.75 Å². The summed E-state index contributed by atoms with van der Waals surface area (Å²) in [6.07, 6.45) is 5.05. The monoisotopic (exact) mass is 283 g/mol. The van der Waals surface area contributed by atoms with Crippen LogP contribution in [0.3, 0.4) is 0 Å². The Morgan fingerprint density at radius 1 is 0.857 bits per heavy atom. The van der Waals surface area contributed by atoms with E-state index in [0.29, 0.717) is 5.75 Å². The predicted molar refractivity (Wildman–Crippen MR) is 88.5 cm³/mol. The van der Waals surface area contributed by atoms with Gasteiger partial charge in [-0.3, -0.25) is 0 Å². The molecule has 0 aromatic heterocycles. The molecule has 0 aliphatic carbocycles. The van der Waals surface area contributed by atoms with Gasteiger partial charge in [0.25, 0.3) is 0 Å². The van der Waals surface area contributed by atoms with Crippen LogP contribution in [0.1, 0.15) is 49.8 Å². The molecule has 2 aromatic rings. The van der Waals surface area contributed by atoms with Gasteiger partial charge in [-0.05, 0) is 36.2 Å². The number of unbranched alkanes of at least 4 members (excludes halogenated alkanes) is 3. The third kappa shape index (κ3) is 4.91. The molecule has 0 aliphatic heterocycles. The lowest BCUT2D eigenvalue weighted by atomic mass is 9.98. The lowest BCUT2D eigenvalue weighted by molar-refractivity contribution is 0.474. The molecule has 1 atom stereocenters. The molecule has 0 amide bonds. The van der Waals surface area contributed by atoms with Crippen LogP contribution in [0.2, 0.25) is 0 Å². The SMILES string of the molecule is CCCCCCNC(c1ccccc1)c1ccc(O)cc1. The molecule has 2 aromatic carbocycles. The van der Waals surface area contributed by atoms with Crippen LogP contribution in [0.4, 0.5) is 0 Å². The number of phenolic OH excluding ortho intramolecular Hbond substituents is 1. The van der Waals surface area contributed by atoms with Gasteiger partial charge in [-0.2, -0.15) is 0 Å². The Morgan fingerprint density at radius 3 is 2.19 bits per heavy atom. The minimum absolute atomic E-state index is 0.188. The second-order valence-electron chi connectivity index (χ2n) is 5.45. The fourth-order valence-electron chi connectivity index (χ4n) is 2.54. The normalized spacial score (nSPS) is 12.2. The highest BCUT2D eigenvalue weighted by Crippen LogP contribution is 2.23. The van der Waals surface area contributed by atoms with Gasteiger partial charge in [0, 0.05) is 0 Å². The van der Waals surface area contributed by atoms with E-state index in [1.54, 1.807) is 12.1 Å². The van der Waals surface area contributed by atoms with E-state index in [1.807, 2.05) is 18.2 Å². The molecular weight excluding hydrogens is 258 g/mol. The summed E-state index contributed by atoms with van der Waals surface area (Å²) in [5, 5.41) is 13.1. The first-order valence-corrected chi connectivity index (χ1v) is 7.88. The summed E-state index contributed by atoms with van der Waals surface area (Å²) in [7, 11) is 0. The second kappa shape index (κ2) is 8.48. The minimum atomic E-state index is 0.188. The Kier molecular flexibility index (Phi) is 6.29. The highest BCUT2D eigenvalue weighted by Gasteiger charge is 2.12. The largest absolute Gasteiger partial charge is 0.508 e. The van der Waals surface area contributed by atoms with Crippen molar-refractivity contribution in [1.29, 1.82) is 0 Å². The van der Waals surface area contributed by atoms with Crippen LogP contribution in [0, 0.1) is 0 Å². The van der Waals surface area contributed by atoms with Crippen molar-refractivity contribution in [1.82, 2.24) is 5.32 Å². The van der Waals surface area contributed by atoms with Gasteiger partial charge in [-0.15, -0.1) is 0 Å². The van der Waals surface area contributed by atoms with Crippen molar-refractivity contribution in [2.24, 2.45) is 0 Å². The van der Waals surface area contributed by atoms with Gasteiger partial charge in [0.05, 0.1) is 6.04 Å². The lowest BCUT2D eigenvalue weighted by Gasteiger charge is -2.20. The van der Waals surface area contributed by atoms with E-state index in [9.17, 15) is 5.11 Å². The molecule has 0 fully saturated rings. The molecule has 2 N–H and O–H groups in total. The molecular formula is C19H25NO. The maximum Gasteiger partial charge on any atom is 0.115 e. The molecule has 0 saturated carbocycles. The number of aromatic hydroxyl groups is 1. The van der Waals surface area contributed by atoms with Gasteiger partial charge < -0.3 is 10.4 Å². The molecule has 0 radical (unpaired) electrons. The molecule has 0 aliphatic rings. The molecule has 2 nitrogen and oxygen atoms in total. The van der Waals surface area contributed by atoms with Crippen molar-refractivity contribution in [2.75, 3.05) is 6.54 Å². The Hall–Kier alpha value is -1.80.